The van der Waals surface area contributed by atoms with E-state index in [1.807, 2.05) is 59.7 Å². The molecule has 0 unspecified atom stereocenters. The molecule has 0 radical (unpaired) electrons. The van der Waals surface area contributed by atoms with Crippen LogP contribution in [0.4, 0.5) is 5.69 Å². The van der Waals surface area contributed by atoms with Gasteiger partial charge in [-0.15, -0.1) is 11.3 Å². The second-order valence-electron chi connectivity index (χ2n) is 7.29. The van der Waals surface area contributed by atoms with Gasteiger partial charge in [0.1, 0.15) is 5.01 Å². The number of aryl methyl sites for hydroxylation is 1. The first-order chi connectivity index (χ1) is 14.1. The first-order valence-corrected chi connectivity index (χ1v) is 10.7. The minimum absolute atomic E-state index is 0.0283. The monoisotopic (exact) mass is 408 g/mol. The molecule has 1 N–H and O–H groups in total. The fourth-order valence-electron chi connectivity index (χ4n) is 3.61. The molecular weight excluding hydrogens is 384 g/mol. The zero-order valence-electron chi connectivity index (χ0n) is 16.4. The number of fused-ring (bicyclic) bond motifs is 1. The standard InChI is InChI=1S/C22H24N4O2S/c1-16-15-29-21(23-16)13-22(28)26-11-9-25(10-12-26)14-20(27)24-19-8-4-6-17-5-2-3-7-18(17)19/h2-8,15H,9-14H2,1H3,(H,24,27). The molecule has 1 fully saturated rings. The predicted molar refractivity (Wildman–Crippen MR) is 116 cm³/mol. The molecule has 4 rings (SSSR count). The molecule has 0 atom stereocenters. The lowest BCUT2D eigenvalue weighted by atomic mass is 10.1. The number of benzene rings is 2. The van der Waals surface area contributed by atoms with Crippen molar-refractivity contribution in [2.45, 2.75) is 13.3 Å². The van der Waals surface area contributed by atoms with Crippen LogP contribution in [0.1, 0.15) is 10.7 Å². The maximum Gasteiger partial charge on any atom is 0.238 e. The van der Waals surface area contributed by atoms with Crippen LogP contribution in [0, 0.1) is 6.92 Å². The Kier molecular flexibility index (Phi) is 5.87. The van der Waals surface area contributed by atoms with Crippen LogP contribution in [-0.4, -0.2) is 59.3 Å². The van der Waals surface area contributed by atoms with E-state index in [-0.39, 0.29) is 11.8 Å². The van der Waals surface area contributed by atoms with Crippen LogP contribution in [-0.2, 0) is 16.0 Å². The molecule has 6 nitrogen and oxygen atoms in total. The summed E-state index contributed by atoms with van der Waals surface area (Å²) in [6, 6.07) is 13.9. The number of nitrogens with one attached hydrogen (secondary N) is 1. The van der Waals surface area contributed by atoms with Crippen molar-refractivity contribution < 1.29 is 9.59 Å². The first-order valence-electron chi connectivity index (χ1n) is 9.77. The lowest BCUT2D eigenvalue weighted by molar-refractivity contribution is -0.132. The largest absolute Gasteiger partial charge is 0.340 e. The van der Waals surface area contributed by atoms with Crippen LogP contribution in [0.2, 0.25) is 0 Å². The molecule has 2 amide bonds. The van der Waals surface area contributed by atoms with Gasteiger partial charge in [-0.3, -0.25) is 14.5 Å². The molecule has 2 aromatic carbocycles. The van der Waals surface area contributed by atoms with Gasteiger partial charge in [-0.1, -0.05) is 36.4 Å². The number of amides is 2. The summed E-state index contributed by atoms with van der Waals surface area (Å²) in [5, 5.41) is 8.01. The van der Waals surface area contributed by atoms with Crippen molar-refractivity contribution in [3.63, 3.8) is 0 Å². The van der Waals surface area contributed by atoms with Gasteiger partial charge in [0, 0.05) is 48.3 Å². The van der Waals surface area contributed by atoms with Crippen LogP contribution in [0.3, 0.4) is 0 Å². The maximum absolute atomic E-state index is 12.5. The van der Waals surface area contributed by atoms with Gasteiger partial charge < -0.3 is 10.2 Å². The lowest BCUT2D eigenvalue weighted by Gasteiger charge is -2.34. The van der Waals surface area contributed by atoms with Crippen LogP contribution < -0.4 is 5.32 Å². The van der Waals surface area contributed by atoms with Gasteiger partial charge in [0.15, 0.2) is 0 Å². The van der Waals surface area contributed by atoms with E-state index < -0.39 is 0 Å². The third-order valence-corrected chi connectivity index (χ3v) is 6.09. The fraction of sp³-hybridized carbons (Fsp3) is 0.318. The van der Waals surface area contributed by atoms with Crippen molar-refractivity contribution >= 4 is 39.6 Å². The molecule has 7 heteroatoms. The number of piperazine rings is 1. The van der Waals surface area contributed by atoms with Gasteiger partial charge in [0.05, 0.1) is 13.0 Å². The van der Waals surface area contributed by atoms with Gasteiger partial charge in [-0.25, -0.2) is 4.98 Å². The predicted octanol–water partition coefficient (Wildman–Crippen LogP) is 2.93. The Hall–Kier alpha value is -2.77. The third kappa shape index (κ3) is 4.81. The Morgan fingerprint density at radius 1 is 1.07 bits per heavy atom. The average Bonchev–Trinajstić information content (AvgIpc) is 3.13. The maximum atomic E-state index is 12.5. The molecule has 0 spiro atoms. The lowest BCUT2D eigenvalue weighted by Crippen LogP contribution is -2.50. The van der Waals surface area contributed by atoms with E-state index in [1.54, 1.807) is 0 Å². The zero-order chi connectivity index (χ0) is 20.2. The van der Waals surface area contributed by atoms with Crippen molar-refractivity contribution in [2.24, 2.45) is 0 Å². The number of hydrogen-bond acceptors (Lipinski definition) is 5. The van der Waals surface area contributed by atoms with E-state index in [1.165, 1.54) is 11.3 Å². The van der Waals surface area contributed by atoms with Crippen molar-refractivity contribution in [2.75, 3.05) is 38.0 Å². The number of aromatic nitrogens is 1. The molecule has 2 heterocycles. The van der Waals surface area contributed by atoms with Gasteiger partial charge in [-0.05, 0) is 18.4 Å². The molecule has 3 aromatic rings. The number of nitrogens with zero attached hydrogens (tertiary/aromatic N) is 3. The van der Waals surface area contributed by atoms with Gasteiger partial charge in [0.2, 0.25) is 11.8 Å². The highest BCUT2D eigenvalue weighted by Crippen LogP contribution is 2.23. The Balaban J connectivity index is 1.28. The minimum Gasteiger partial charge on any atom is -0.340 e. The van der Waals surface area contributed by atoms with E-state index >= 15 is 0 Å². The second-order valence-corrected chi connectivity index (χ2v) is 8.23. The highest BCUT2D eigenvalue weighted by atomic mass is 32.1. The first kappa shape index (κ1) is 19.5. The fourth-order valence-corrected chi connectivity index (χ4v) is 4.37. The smallest absolute Gasteiger partial charge is 0.238 e. The average molecular weight is 409 g/mol. The zero-order valence-corrected chi connectivity index (χ0v) is 17.2. The molecule has 0 aliphatic carbocycles. The summed E-state index contributed by atoms with van der Waals surface area (Å²) in [5.74, 6) is 0.0820. The number of hydrogen-bond donors (Lipinski definition) is 1. The molecule has 1 aliphatic heterocycles. The number of anilines is 1. The Bertz CT molecular complexity index is 1020. The van der Waals surface area contributed by atoms with E-state index in [0.717, 1.165) is 27.2 Å². The van der Waals surface area contributed by atoms with Crippen molar-refractivity contribution in [1.29, 1.82) is 0 Å². The highest BCUT2D eigenvalue weighted by Gasteiger charge is 2.23. The SMILES string of the molecule is Cc1csc(CC(=O)N2CCN(CC(=O)Nc3cccc4ccccc34)CC2)n1. The van der Waals surface area contributed by atoms with E-state index in [0.29, 0.717) is 39.1 Å². The molecule has 1 aliphatic rings. The molecule has 1 aromatic heterocycles. The topological polar surface area (TPSA) is 65.5 Å². The van der Waals surface area contributed by atoms with Crippen molar-refractivity contribution in [3.8, 4) is 0 Å². The second kappa shape index (κ2) is 8.71. The van der Waals surface area contributed by atoms with E-state index in [9.17, 15) is 9.59 Å². The summed E-state index contributed by atoms with van der Waals surface area (Å²) < 4.78 is 0. The molecule has 150 valence electrons. The van der Waals surface area contributed by atoms with Crippen molar-refractivity contribution in [1.82, 2.24) is 14.8 Å². The quantitative estimate of drug-likeness (QED) is 0.705. The Morgan fingerprint density at radius 2 is 1.83 bits per heavy atom. The summed E-state index contributed by atoms with van der Waals surface area (Å²) in [5.41, 5.74) is 1.79. The van der Waals surface area contributed by atoms with Crippen LogP contribution >= 0.6 is 11.3 Å². The van der Waals surface area contributed by atoms with Gasteiger partial charge in [-0.2, -0.15) is 0 Å². The van der Waals surface area contributed by atoms with Crippen molar-refractivity contribution in [3.05, 3.63) is 58.5 Å². The van der Waals surface area contributed by atoms with E-state index in [2.05, 4.69) is 15.2 Å². The number of thiazole rings is 1. The van der Waals surface area contributed by atoms with Gasteiger partial charge >= 0.3 is 0 Å². The molecular formula is C22H24N4O2S. The summed E-state index contributed by atoms with van der Waals surface area (Å²) >= 11 is 1.53. The number of carbonyl (C=O) groups is 2. The van der Waals surface area contributed by atoms with Crippen LogP contribution in [0.25, 0.3) is 10.8 Å². The molecule has 1 saturated heterocycles. The summed E-state index contributed by atoms with van der Waals surface area (Å²) in [7, 11) is 0. The summed E-state index contributed by atoms with van der Waals surface area (Å²) in [6.07, 6.45) is 0.361. The molecule has 0 saturated carbocycles. The minimum atomic E-state index is -0.0283. The van der Waals surface area contributed by atoms with Gasteiger partial charge in [0.25, 0.3) is 0 Å². The number of carbonyl (C=O) groups excluding carboxylic acids is 2. The summed E-state index contributed by atoms with van der Waals surface area (Å²) in [4.78, 5) is 33.3. The summed E-state index contributed by atoms with van der Waals surface area (Å²) in [6.45, 7) is 4.95. The Morgan fingerprint density at radius 3 is 2.59 bits per heavy atom. The van der Waals surface area contributed by atoms with Crippen LogP contribution in [0.5, 0.6) is 0 Å². The number of rotatable bonds is 5. The normalized spacial score (nSPS) is 14.9. The third-order valence-electron chi connectivity index (χ3n) is 5.12. The van der Waals surface area contributed by atoms with E-state index in [4.69, 9.17) is 0 Å². The molecule has 0 bridgehead atoms. The molecule has 29 heavy (non-hydrogen) atoms. The highest BCUT2D eigenvalue weighted by molar-refractivity contribution is 7.09. The Labute approximate surface area is 174 Å². The van der Waals surface area contributed by atoms with Crippen LogP contribution in [0.15, 0.2) is 47.8 Å².